The first kappa shape index (κ1) is 17.9. The van der Waals surface area contributed by atoms with Crippen molar-refractivity contribution >= 4 is 17.6 Å². The van der Waals surface area contributed by atoms with Gasteiger partial charge in [0.2, 0.25) is 0 Å². The van der Waals surface area contributed by atoms with E-state index >= 15 is 0 Å². The van der Waals surface area contributed by atoms with Gasteiger partial charge in [0.15, 0.2) is 0 Å². The molecule has 0 aliphatic rings. The fourth-order valence-corrected chi connectivity index (χ4v) is 2.16. The third-order valence-electron chi connectivity index (χ3n) is 3.39. The van der Waals surface area contributed by atoms with E-state index in [2.05, 4.69) is 4.74 Å². The van der Waals surface area contributed by atoms with Gasteiger partial charge in [-0.1, -0.05) is 12.1 Å². The Labute approximate surface area is 143 Å². The minimum Gasteiger partial charge on any atom is -0.496 e. The maximum absolute atomic E-state index is 12.3. The fraction of sp³-hybridized carbons (Fsp3) is 0.176. The Morgan fingerprint density at radius 3 is 2.24 bits per heavy atom. The van der Waals surface area contributed by atoms with Gasteiger partial charge in [0.1, 0.15) is 12.4 Å². The zero-order valence-electron chi connectivity index (χ0n) is 13.6. The summed E-state index contributed by atoms with van der Waals surface area (Å²) < 4.78 is 14.9. The molecule has 2 aromatic rings. The highest BCUT2D eigenvalue weighted by Gasteiger charge is 2.19. The summed E-state index contributed by atoms with van der Waals surface area (Å²) in [6.07, 6.45) is 0. The van der Waals surface area contributed by atoms with Gasteiger partial charge in [-0.3, -0.25) is 10.1 Å². The smallest absolute Gasteiger partial charge is 0.339 e. The number of hydrogen-bond donors (Lipinski definition) is 0. The molecule has 0 aliphatic carbocycles. The quantitative estimate of drug-likeness (QED) is 0.450. The van der Waals surface area contributed by atoms with Gasteiger partial charge in [0, 0.05) is 17.7 Å². The molecule has 8 nitrogen and oxygen atoms in total. The van der Waals surface area contributed by atoms with Crippen LogP contribution in [-0.2, 0) is 16.1 Å². The van der Waals surface area contributed by atoms with Crippen LogP contribution in [0.3, 0.4) is 0 Å². The number of hydrogen-bond acceptors (Lipinski definition) is 7. The van der Waals surface area contributed by atoms with Crippen molar-refractivity contribution in [3.05, 3.63) is 69.3 Å². The van der Waals surface area contributed by atoms with E-state index in [1.807, 2.05) is 0 Å². The molecule has 0 heterocycles. The van der Waals surface area contributed by atoms with Crippen molar-refractivity contribution in [1.82, 2.24) is 0 Å². The lowest BCUT2D eigenvalue weighted by molar-refractivity contribution is -0.385. The molecule has 0 aliphatic heterocycles. The predicted octanol–water partition coefficient (Wildman–Crippen LogP) is 2.75. The number of nitro benzene ring substituents is 1. The van der Waals surface area contributed by atoms with Gasteiger partial charge in [-0.05, 0) is 18.2 Å². The molecule has 0 saturated heterocycles. The normalized spacial score (nSPS) is 10.0. The van der Waals surface area contributed by atoms with E-state index in [0.29, 0.717) is 11.3 Å². The minimum atomic E-state index is -0.755. The summed E-state index contributed by atoms with van der Waals surface area (Å²) in [6.45, 7) is -0.251. The van der Waals surface area contributed by atoms with Crippen LogP contribution in [0.1, 0.15) is 26.3 Å². The van der Waals surface area contributed by atoms with Crippen LogP contribution in [0.25, 0.3) is 0 Å². The molecule has 0 unspecified atom stereocenters. The van der Waals surface area contributed by atoms with Crippen molar-refractivity contribution in [2.24, 2.45) is 0 Å². The number of non-ortho nitro benzene ring substituents is 1. The van der Waals surface area contributed by atoms with Crippen LogP contribution in [0.5, 0.6) is 5.75 Å². The van der Waals surface area contributed by atoms with Crippen molar-refractivity contribution in [1.29, 1.82) is 0 Å². The number of carbonyl (C=O) groups is 2. The van der Waals surface area contributed by atoms with Gasteiger partial charge in [0.05, 0.1) is 30.3 Å². The Morgan fingerprint density at radius 1 is 1.04 bits per heavy atom. The molecule has 2 aromatic carbocycles. The van der Waals surface area contributed by atoms with E-state index in [1.54, 1.807) is 12.1 Å². The number of rotatable bonds is 6. The maximum Gasteiger partial charge on any atom is 0.339 e. The number of methoxy groups -OCH3 is 2. The zero-order valence-corrected chi connectivity index (χ0v) is 13.6. The first-order valence-electron chi connectivity index (χ1n) is 7.13. The van der Waals surface area contributed by atoms with Crippen LogP contribution >= 0.6 is 0 Å². The molecule has 0 atom stereocenters. The van der Waals surface area contributed by atoms with E-state index in [9.17, 15) is 19.7 Å². The highest BCUT2D eigenvalue weighted by Crippen LogP contribution is 2.25. The number of ether oxygens (including phenoxy) is 3. The first-order chi connectivity index (χ1) is 12.0. The Kier molecular flexibility index (Phi) is 5.67. The fourth-order valence-electron chi connectivity index (χ4n) is 2.16. The van der Waals surface area contributed by atoms with Crippen molar-refractivity contribution in [3.8, 4) is 5.75 Å². The van der Waals surface area contributed by atoms with Gasteiger partial charge in [-0.2, -0.15) is 0 Å². The molecule has 0 radical (unpaired) electrons. The van der Waals surface area contributed by atoms with Crippen molar-refractivity contribution < 1.29 is 28.7 Å². The maximum atomic E-state index is 12.3. The third-order valence-corrected chi connectivity index (χ3v) is 3.39. The monoisotopic (exact) mass is 345 g/mol. The standard InChI is InChI=1S/C17H15NO7/c1-23-15-8-7-12(18(21)22)9-11(15)10-25-17(20)14-6-4-3-5-13(14)16(19)24-2/h3-9H,10H2,1-2H3. The summed E-state index contributed by atoms with van der Waals surface area (Å²) in [4.78, 5) is 34.3. The zero-order chi connectivity index (χ0) is 18.4. The number of carbonyl (C=O) groups excluding carboxylic acids is 2. The number of benzene rings is 2. The lowest BCUT2D eigenvalue weighted by Crippen LogP contribution is -2.13. The summed E-state index contributed by atoms with van der Waals surface area (Å²) in [6, 6.07) is 10.0. The molecular formula is C17H15NO7. The van der Waals surface area contributed by atoms with Crippen LogP contribution in [-0.4, -0.2) is 31.1 Å². The van der Waals surface area contributed by atoms with Gasteiger partial charge in [-0.15, -0.1) is 0 Å². The van der Waals surface area contributed by atoms with Crippen LogP contribution in [0.2, 0.25) is 0 Å². The highest BCUT2D eigenvalue weighted by molar-refractivity contribution is 6.03. The lowest BCUT2D eigenvalue weighted by Gasteiger charge is -2.11. The molecule has 0 N–H and O–H groups in total. The predicted molar refractivity (Wildman–Crippen MR) is 86.5 cm³/mol. The van der Waals surface area contributed by atoms with Crippen molar-refractivity contribution in [2.75, 3.05) is 14.2 Å². The van der Waals surface area contributed by atoms with Gasteiger partial charge in [-0.25, -0.2) is 9.59 Å². The molecule has 2 rings (SSSR count). The second-order valence-electron chi connectivity index (χ2n) is 4.87. The largest absolute Gasteiger partial charge is 0.496 e. The average Bonchev–Trinajstić information content (AvgIpc) is 2.65. The summed E-state index contributed by atoms with van der Waals surface area (Å²) in [5.74, 6) is -1.07. The van der Waals surface area contributed by atoms with E-state index in [4.69, 9.17) is 9.47 Å². The Morgan fingerprint density at radius 2 is 1.68 bits per heavy atom. The minimum absolute atomic E-state index is 0.0405. The highest BCUT2D eigenvalue weighted by atomic mass is 16.6. The van der Waals surface area contributed by atoms with Crippen LogP contribution in [0, 0.1) is 10.1 Å². The molecule has 130 valence electrons. The molecule has 0 spiro atoms. The Balaban J connectivity index is 2.22. The molecular weight excluding hydrogens is 330 g/mol. The van der Waals surface area contributed by atoms with E-state index in [1.165, 1.54) is 44.6 Å². The van der Waals surface area contributed by atoms with E-state index in [0.717, 1.165) is 0 Å². The summed E-state index contributed by atoms with van der Waals surface area (Å²) in [5, 5.41) is 10.9. The van der Waals surface area contributed by atoms with Crippen molar-refractivity contribution in [3.63, 3.8) is 0 Å². The second kappa shape index (κ2) is 7.91. The number of nitro groups is 1. The summed E-state index contributed by atoms with van der Waals surface area (Å²) in [5.41, 5.74) is 0.294. The number of nitrogens with zero attached hydrogens (tertiary/aromatic N) is 1. The number of esters is 2. The van der Waals surface area contributed by atoms with Gasteiger partial charge < -0.3 is 14.2 Å². The molecule has 0 aromatic heterocycles. The molecule has 0 saturated carbocycles. The molecule has 0 bridgehead atoms. The molecule has 0 amide bonds. The molecule has 8 heteroatoms. The SMILES string of the molecule is COC(=O)c1ccccc1C(=O)OCc1cc([N+](=O)[O-])ccc1OC. The lowest BCUT2D eigenvalue weighted by atomic mass is 10.1. The molecule has 0 fully saturated rings. The van der Waals surface area contributed by atoms with Crippen LogP contribution in [0.15, 0.2) is 42.5 Å². The first-order valence-corrected chi connectivity index (χ1v) is 7.13. The third kappa shape index (κ3) is 4.11. The van der Waals surface area contributed by atoms with E-state index < -0.39 is 16.9 Å². The Bertz CT molecular complexity index is 816. The van der Waals surface area contributed by atoms with Gasteiger partial charge in [0.25, 0.3) is 5.69 Å². The van der Waals surface area contributed by atoms with Crippen molar-refractivity contribution in [2.45, 2.75) is 6.61 Å². The second-order valence-corrected chi connectivity index (χ2v) is 4.87. The van der Waals surface area contributed by atoms with Gasteiger partial charge >= 0.3 is 11.9 Å². The summed E-state index contributed by atoms with van der Waals surface area (Å²) in [7, 11) is 2.61. The van der Waals surface area contributed by atoms with E-state index in [-0.39, 0.29) is 23.4 Å². The van der Waals surface area contributed by atoms with Crippen LogP contribution in [0.4, 0.5) is 5.69 Å². The average molecular weight is 345 g/mol. The summed E-state index contributed by atoms with van der Waals surface area (Å²) >= 11 is 0. The van der Waals surface area contributed by atoms with Crippen LogP contribution < -0.4 is 4.74 Å². The topological polar surface area (TPSA) is 105 Å². The molecule has 25 heavy (non-hydrogen) atoms. The Hall–Kier alpha value is -3.42.